The second-order valence-electron chi connectivity index (χ2n) is 4.56. The summed E-state index contributed by atoms with van der Waals surface area (Å²) in [5.41, 5.74) is 1.07. The summed E-state index contributed by atoms with van der Waals surface area (Å²) in [6.45, 7) is 1.42. The van der Waals surface area contributed by atoms with Crippen molar-refractivity contribution in [2.24, 2.45) is 0 Å². The molecule has 2 amide bonds. The molecule has 0 bridgehead atoms. The lowest BCUT2D eigenvalue weighted by Gasteiger charge is -2.11. The van der Waals surface area contributed by atoms with E-state index in [-0.39, 0.29) is 11.8 Å². The molecule has 0 aliphatic heterocycles. The molecular formula is C16H15BrN2O3S. The van der Waals surface area contributed by atoms with Crippen LogP contribution in [0.5, 0.6) is 5.75 Å². The molecule has 23 heavy (non-hydrogen) atoms. The average molecular weight is 395 g/mol. The van der Waals surface area contributed by atoms with Gasteiger partial charge in [-0.3, -0.25) is 9.59 Å². The second-order valence-corrected chi connectivity index (χ2v) is 7.06. The number of halogens is 1. The molecule has 1 heterocycles. The van der Waals surface area contributed by atoms with Crippen LogP contribution in [0.4, 0.5) is 11.4 Å². The van der Waals surface area contributed by atoms with Crippen molar-refractivity contribution < 1.29 is 14.3 Å². The largest absolute Gasteiger partial charge is 0.495 e. The van der Waals surface area contributed by atoms with Crippen molar-refractivity contribution in [3.8, 4) is 5.75 Å². The molecule has 0 saturated carbocycles. The Morgan fingerprint density at radius 1 is 1.22 bits per heavy atom. The summed E-state index contributed by atoms with van der Waals surface area (Å²) >= 11 is 4.90. The van der Waals surface area contributed by atoms with Crippen molar-refractivity contribution in [1.29, 1.82) is 0 Å². The first-order valence-corrected chi connectivity index (χ1v) is 8.29. The van der Waals surface area contributed by atoms with Gasteiger partial charge in [-0.15, -0.1) is 11.3 Å². The number of nitrogens with one attached hydrogen (secondary N) is 2. The Balaban J connectivity index is 2.12. The van der Waals surface area contributed by atoms with Gasteiger partial charge < -0.3 is 15.4 Å². The van der Waals surface area contributed by atoms with E-state index in [1.807, 2.05) is 12.1 Å². The molecule has 0 radical (unpaired) electrons. The van der Waals surface area contributed by atoms with Gasteiger partial charge in [0.1, 0.15) is 5.75 Å². The van der Waals surface area contributed by atoms with Gasteiger partial charge in [-0.25, -0.2) is 0 Å². The first-order chi connectivity index (χ1) is 11.0. The van der Waals surface area contributed by atoms with Crippen LogP contribution < -0.4 is 15.4 Å². The van der Waals surface area contributed by atoms with E-state index in [0.717, 1.165) is 8.66 Å². The Bertz CT molecular complexity index is 756. The molecular weight excluding hydrogens is 380 g/mol. The van der Waals surface area contributed by atoms with E-state index in [2.05, 4.69) is 26.6 Å². The van der Waals surface area contributed by atoms with Crippen LogP contribution in [-0.4, -0.2) is 18.9 Å². The maximum absolute atomic E-state index is 12.0. The molecule has 5 nitrogen and oxygen atoms in total. The van der Waals surface area contributed by atoms with Crippen LogP contribution in [0.25, 0.3) is 6.08 Å². The predicted octanol–water partition coefficient (Wildman–Crippen LogP) is 4.13. The molecule has 0 aliphatic rings. The SMILES string of the molecule is COc1ccc(NC(C)=O)cc1NC(=O)/C=C/c1ccc(Br)s1. The molecule has 1 aromatic carbocycles. The average Bonchev–Trinajstić information content (AvgIpc) is 2.90. The van der Waals surface area contributed by atoms with E-state index in [4.69, 9.17) is 4.74 Å². The Morgan fingerprint density at radius 3 is 2.61 bits per heavy atom. The summed E-state index contributed by atoms with van der Waals surface area (Å²) in [5.74, 6) is 0.0446. The summed E-state index contributed by atoms with van der Waals surface area (Å²) in [6, 6.07) is 8.86. The number of benzene rings is 1. The Hall–Kier alpha value is -2.12. The summed E-state index contributed by atoms with van der Waals surface area (Å²) in [5, 5.41) is 5.41. The Kier molecular flexibility index (Phi) is 5.95. The van der Waals surface area contributed by atoms with Crippen LogP contribution in [0.2, 0.25) is 0 Å². The van der Waals surface area contributed by atoms with E-state index in [1.165, 1.54) is 31.4 Å². The Morgan fingerprint density at radius 2 is 2.00 bits per heavy atom. The lowest BCUT2D eigenvalue weighted by Crippen LogP contribution is -2.10. The number of carbonyl (C=O) groups is 2. The number of thiophene rings is 1. The lowest BCUT2D eigenvalue weighted by molar-refractivity contribution is -0.114. The van der Waals surface area contributed by atoms with Crippen molar-refractivity contribution in [2.75, 3.05) is 17.7 Å². The molecule has 0 spiro atoms. The maximum Gasteiger partial charge on any atom is 0.248 e. The minimum atomic E-state index is -0.284. The number of hydrogen-bond donors (Lipinski definition) is 2. The van der Waals surface area contributed by atoms with E-state index in [9.17, 15) is 9.59 Å². The third kappa shape index (κ3) is 5.22. The first-order valence-electron chi connectivity index (χ1n) is 6.68. The van der Waals surface area contributed by atoms with Gasteiger partial charge >= 0.3 is 0 Å². The minimum Gasteiger partial charge on any atom is -0.495 e. The lowest BCUT2D eigenvalue weighted by atomic mass is 10.2. The molecule has 1 aromatic heterocycles. The zero-order valence-corrected chi connectivity index (χ0v) is 15.0. The zero-order valence-electron chi connectivity index (χ0n) is 12.6. The third-order valence-electron chi connectivity index (χ3n) is 2.77. The van der Waals surface area contributed by atoms with Crippen LogP contribution in [0.15, 0.2) is 40.2 Å². The van der Waals surface area contributed by atoms with Crippen molar-refractivity contribution in [2.45, 2.75) is 6.92 Å². The summed E-state index contributed by atoms with van der Waals surface area (Å²) in [7, 11) is 1.52. The highest BCUT2D eigenvalue weighted by Gasteiger charge is 2.08. The van der Waals surface area contributed by atoms with E-state index in [0.29, 0.717) is 17.1 Å². The predicted molar refractivity (Wildman–Crippen MR) is 97.0 cm³/mol. The Labute approximate surface area is 146 Å². The highest BCUT2D eigenvalue weighted by atomic mass is 79.9. The van der Waals surface area contributed by atoms with Gasteiger partial charge in [-0.05, 0) is 52.3 Å². The van der Waals surface area contributed by atoms with Crippen molar-refractivity contribution in [3.05, 3.63) is 45.1 Å². The van der Waals surface area contributed by atoms with Gasteiger partial charge in [0.15, 0.2) is 0 Å². The quantitative estimate of drug-likeness (QED) is 0.749. The highest BCUT2D eigenvalue weighted by molar-refractivity contribution is 9.11. The summed E-state index contributed by atoms with van der Waals surface area (Å²) in [6.07, 6.45) is 3.18. The smallest absolute Gasteiger partial charge is 0.248 e. The van der Waals surface area contributed by atoms with E-state index in [1.54, 1.807) is 24.3 Å². The monoisotopic (exact) mass is 394 g/mol. The van der Waals surface area contributed by atoms with Crippen molar-refractivity contribution >= 4 is 56.5 Å². The highest BCUT2D eigenvalue weighted by Crippen LogP contribution is 2.28. The number of carbonyl (C=O) groups excluding carboxylic acids is 2. The molecule has 0 fully saturated rings. The van der Waals surface area contributed by atoms with Crippen molar-refractivity contribution in [3.63, 3.8) is 0 Å². The van der Waals surface area contributed by atoms with E-state index >= 15 is 0 Å². The van der Waals surface area contributed by atoms with Crippen LogP contribution in [0, 0.1) is 0 Å². The second kappa shape index (κ2) is 7.94. The van der Waals surface area contributed by atoms with E-state index < -0.39 is 0 Å². The fourth-order valence-electron chi connectivity index (χ4n) is 1.84. The number of anilines is 2. The molecule has 0 atom stereocenters. The van der Waals surface area contributed by atoms with Gasteiger partial charge in [0, 0.05) is 23.6 Å². The molecule has 2 rings (SSSR count). The van der Waals surface area contributed by atoms with Gasteiger partial charge in [-0.2, -0.15) is 0 Å². The van der Waals surface area contributed by atoms with Gasteiger partial charge in [0.05, 0.1) is 16.6 Å². The summed E-state index contributed by atoms with van der Waals surface area (Å²) < 4.78 is 6.22. The number of hydrogen-bond acceptors (Lipinski definition) is 4. The van der Waals surface area contributed by atoms with Crippen LogP contribution in [0.3, 0.4) is 0 Å². The van der Waals surface area contributed by atoms with Crippen molar-refractivity contribution in [1.82, 2.24) is 0 Å². The number of ether oxygens (including phenoxy) is 1. The minimum absolute atomic E-state index is 0.185. The normalized spacial score (nSPS) is 10.6. The molecule has 0 unspecified atom stereocenters. The number of rotatable bonds is 5. The maximum atomic E-state index is 12.0. The zero-order chi connectivity index (χ0) is 16.8. The molecule has 2 N–H and O–H groups in total. The topological polar surface area (TPSA) is 67.4 Å². The van der Waals surface area contributed by atoms with Gasteiger partial charge in [0.2, 0.25) is 11.8 Å². The fraction of sp³-hybridized carbons (Fsp3) is 0.125. The molecule has 7 heteroatoms. The third-order valence-corrected chi connectivity index (χ3v) is 4.36. The number of amides is 2. The first kappa shape index (κ1) is 17.2. The molecule has 0 aliphatic carbocycles. The van der Waals surface area contributed by atoms with Crippen LogP contribution >= 0.6 is 27.3 Å². The fourth-order valence-corrected chi connectivity index (χ4v) is 3.16. The van der Waals surface area contributed by atoms with Gasteiger partial charge in [0.25, 0.3) is 0 Å². The standard InChI is InChI=1S/C16H15BrN2O3S/c1-10(20)18-11-3-6-14(22-2)13(9-11)19-16(21)8-5-12-4-7-15(17)23-12/h3-9H,1-2H3,(H,18,20)(H,19,21)/b8-5+. The van der Waals surface area contributed by atoms with Gasteiger partial charge in [-0.1, -0.05) is 0 Å². The number of methoxy groups -OCH3 is 1. The molecule has 0 saturated heterocycles. The molecule has 120 valence electrons. The molecule has 2 aromatic rings. The summed E-state index contributed by atoms with van der Waals surface area (Å²) in [4.78, 5) is 24.1. The van der Waals surface area contributed by atoms with Crippen LogP contribution in [-0.2, 0) is 9.59 Å². The van der Waals surface area contributed by atoms with Crippen LogP contribution in [0.1, 0.15) is 11.8 Å².